The summed E-state index contributed by atoms with van der Waals surface area (Å²) in [5, 5.41) is 6.97. The molecular weight excluding hydrogens is 374 g/mol. The highest BCUT2D eigenvalue weighted by atomic mass is 35.5. The van der Waals surface area contributed by atoms with Crippen LogP contribution in [0.1, 0.15) is 22.4 Å². The van der Waals surface area contributed by atoms with Gasteiger partial charge in [0, 0.05) is 22.3 Å². The third kappa shape index (κ3) is 3.51. The maximum absolute atomic E-state index is 12.5. The summed E-state index contributed by atoms with van der Waals surface area (Å²) < 4.78 is 1.36. The van der Waals surface area contributed by atoms with E-state index < -0.39 is 0 Å². The van der Waals surface area contributed by atoms with Crippen molar-refractivity contribution in [2.24, 2.45) is 0 Å². The Hall–Kier alpha value is -3.12. The Balaban J connectivity index is 1.63. The maximum atomic E-state index is 12.5. The minimum absolute atomic E-state index is 0.202. The molecule has 6 nitrogen and oxygen atoms in total. The lowest BCUT2D eigenvalue weighted by Gasteiger charge is -2.07. The van der Waals surface area contributed by atoms with Gasteiger partial charge in [-0.3, -0.25) is 9.89 Å². The van der Waals surface area contributed by atoms with Crippen molar-refractivity contribution in [2.75, 3.05) is 5.32 Å². The van der Waals surface area contributed by atoms with Crippen LogP contribution < -0.4 is 10.9 Å². The van der Waals surface area contributed by atoms with Gasteiger partial charge in [0.05, 0.1) is 12.2 Å². The molecule has 2 aromatic carbocycles. The van der Waals surface area contributed by atoms with Gasteiger partial charge in [0.1, 0.15) is 0 Å². The Morgan fingerprint density at radius 2 is 1.79 bits per heavy atom. The Morgan fingerprint density at radius 1 is 1.00 bits per heavy atom. The van der Waals surface area contributed by atoms with Gasteiger partial charge in [-0.05, 0) is 55.7 Å². The van der Waals surface area contributed by atoms with Crippen molar-refractivity contribution in [3.05, 3.63) is 80.2 Å². The molecule has 0 bridgehead atoms. The van der Waals surface area contributed by atoms with E-state index in [1.54, 1.807) is 0 Å². The summed E-state index contributed by atoms with van der Waals surface area (Å²) in [6, 6.07) is 13.3. The minimum atomic E-state index is -0.202. The van der Waals surface area contributed by atoms with Crippen LogP contribution in [-0.2, 0) is 6.54 Å². The normalized spacial score (nSPS) is 11.1. The van der Waals surface area contributed by atoms with Crippen LogP contribution in [0.25, 0.3) is 17.2 Å². The topological polar surface area (TPSA) is 75.1 Å². The second-order valence-electron chi connectivity index (χ2n) is 6.91. The van der Waals surface area contributed by atoms with Crippen LogP contribution in [0.5, 0.6) is 0 Å². The van der Waals surface area contributed by atoms with E-state index in [-0.39, 0.29) is 5.56 Å². The van der Waals surface area contributed by atoms with E-state index in [2.05, 4.69) is 27.3 Å². The highest BCUT2D eigenvalue weighted by molar-refractivity contribution is 6.31. The summed E-state index contributed by atoms with van der Waals surface area (Å²) >= 11 is 6.16. The van der Waals surface area contributed by atoms with Crippen LogP contribution in [0.3, 0.4) is 0 Å². The zero-order valence-electron chi connectivity index (χ0n) is 15.9. The van der Waals surface area contributed by atoms with Crippen molar-refractivity contribution >= 4 is 23.1 Å². The Bertz CT molecular complexity index is 1240. The molecule has 0 unspecified atom stereocenters. The highest BCUT2D eigenvalue weighted by Crippen LogP contribution is 2.21. The van der Waals surface area contributed by atoms with Gasteiger partial charge in [-0.25, -0.2) is 4.98 Å². The Morgan fingerprint density at radius 3 is 2.54 bits per heavy atom. The molecule has 0 saturated carbocycles. The molecule has 4 aromatic rings. The lowest BCUT2D eigenvalue weighted by atomic mass is 10.1. The first-order chi connectivity index (χ1) is 13.4. The highest BCUT2D eigenvalue weighted by Gasteiger charge is 2.10. The molecule has 0 aliphatic heterocycles. The fourth-order valence-corrected chi connectivity index (χ4v) is 3.11. The quantitative estimate of drug-likeness (QED) is 0.542. The van der Waals surface area contributed by atoms with Gasteiger partial charge in [0.2, 0.25) is 0 Å². The van der Waals surface area contributed by atoms with Crippen molar-refractivity contribution in [1.82, 2.24) is 19.6 Å². The molecule has 2 N–H and O–H groups in total. The van der Waals surface area contributed by atoms with E-state index >= 15 is 0 Å². The number of hydrogen-bond acceptors (Lipinski definition) is 4. The SMILES string of the molecule is Cc1ccc(-c2nc3nc(CNc4ccc(C)c(Cl)c4)cc(=O)n3[nH]2)cc1C. The summed E-state index contributed by atoms with van der Waals surface area (Å²) in [7, 11) is 0. The largest absolute Gasteiger partial charge is 0.379 e. The number of halogens is 1. The van der Waals surface area contributed by atoms with Crippen molar-refractivity contribution in [3.8, 4) is 11.4 Å². The van der Waals surface area contributed by atoms with Gasteiger partial charge < -0.3 is 5.32 Å². The van der Waals surface area contributed by atoms with Crippen molar-refractivity contribution in [1.29, 1.82) is 0 Å². The lowest BCUT2D eigenvalue weighted by Crippen LogP contribution is -2.17. The first-order valence-electron chi connectivity index (χ1n) is 8.97. The van der Waals surface area contributed by atoms with Gasteiger partial charge >= 0.3 is 0 Å². The number of rotatable bonds is 4. The fraction of sp³-hybridized carbons (Fsp3) is 0.190. The molecule has 0 radical (unpaired) electrons. The molecule has 7 heteroatoms. The molecule has 0 amide bonds. The van der Waals surface area contributed by atoms with Crippen LogP contribution in [0.15, 0.2) is 47.3 Å². The summed E-state index contributed by atoms with van der Waals surface area (Å²) in [6.07, 6.45) is 0. The molecule has 0 aliphatic carbocycles. The van der Waals surface area contributed by atoms with Crippen molar-refractivity contribution < 1.29 is 0 Å². The molecule has 142 valence electrons. The first-order valence-corrected chi connectivity index (χ1v) is 9.35. The number of hydrogen-bond donors (Lipinski definition) is 2. The average Bonchev–Trinajstić information content (AvgIpc) is 3.10. The number of nitrogens with one attached hydrogen (secondary N) is 2. The number of aryl methyl sites for hydroxylation is 3. The van der Waals surface area contributed by atoms with E-state index in [1.807, 2.05) is 50.2 Å². The number of fused-ring (bicyclic) bond motifs is 1. The molecule has 2 aromatic heterocycles. The lowest BCUT2D eigenvalue weighted by molar-refractivity contribution is 0.879. The number of aromatic nitrogens is 4. The molecule has 2 heterocycles. The molecule has 28 heavy (non-hydrogen) atoms. The zero-order chi connectivity index (χ0) is 19.8. The fourth-order valence-electron chi connectivity index (χ4n) is 2.93. The number of aromatic amines is 1. The number of nitrogens with zero attached hydrogens (tertiary/aromatic N) is 3. The van der Waals surface area contributed by atoms with Gasteiger partial charge in [-0.2, -0.15) is 9.50 Å². The molecule has 0 fully saturated rings. The maximum Gasteiger partial charge on any atom is 0.274 e. The number of benzene rings is 2. The van der Waals surface area contributed by atoms with E-state index in [4.69, 9.17) is 11.6 Å². The Kier molecular flexibility index (Phi) is 4.65. The first kappa shape index (κ1) is 18.3. The summed E-state index contributed by atoms with van der Waals surface area (Å²) in [5.74, 6) is 0.961. The van der Waals surface area contributed by atoms with E-state index in [0.29, 0.717) is 28.9 Å². The molecule has 4 rings (SSSR count). The van der Waals surface area contributed by atoms with Crippen molar-refractivity contribution in [2.45, 2.75) is 27.3 Å². The number of anilines is 1. The van der Waals surface area contributed by atoms with Crippen LogP contribution in [-0.4, -0.2) is 19.6 Å². The molecule has 0 saturated heterocycles. The standard InChI is InChI=1S/C21H20ClN5O/c1-12-4-6-15(8-14(12)3)20-25-21-24-17(10-19(28)27(21)26-20)11-23-16-7-5-13(2)18(22)9-16/h4-10,23H,11H2,1-3H3,(H,24,25,26). The van der Waals surface area contributed by atoms with E-state index in [1.165, 1.54) is 21.7 Å². The van der Waals surface area contributed by atoms with Gasteiger partial charge in [-0.15, -0.1) is 0 Å². The van der Waals surface area contributed by atoms with Gasteiger partial charge in [0.15, 0.2) is 5.82 Å². The molecule has 0 spiro atoms. The van der Waals surface area contributed by atoms with E-state index in [9.17, 15) is 4.79 Å². The second-order valence-corrected chi connectivity index (χ2v) is 7.32. The van der Waals surface area contributed by atoms with Crippen molar-refractivity contribution in [3.63, 3.8) is 0 Å². The van der Waals surface area contributed by atoms with Gasteiger partial charge in [-0.1, -0.05) is 29.8 Å². The van der Waals surface area contributed by atoms with Gasteiger partial charge in [0.25, 0.3) is 11.3 Å². The molecular formula is C21H20ClN5O. The third-order valence-electron chi connectivity index (χ3n) is 4.81. The summed E-state index contributed by atoms with van der Waals surface area (Å²) in [5.41, 5.74) is 5.59. The summed E-state index contributed by atoms with van der Waals surface area (Å²) in [6.45, 7) is 6.46. The van der Waals surface area contributed by atoms with Crippen LogP contribution in [0.2, 0.25) is 5.02 Å². The molecule has 0 atom stereocenters. The van der Waals surface area contributed by atoms with Crippen LogP contribution in [0.4, 0.5) is 5.69 Å². The second kappa shape index (κ2) is 7.13. The average molecular weight is 394 g/mol. The van der Waals surface area contributed by atoms with Crippen LogP contribution in [0, 0.1) is 20.8 Å². The summed E-state index contributed by atoms with van der Waals surface area (Å²) in [4.78, 5) is 21.5. The predicted octanol–water partition coefficient (Wildman–Crippen LogP) is 4.28. The van der Waals surface area contributed by atoms with Crippen LogP contribution >= 0.6 is 11.6 Å². The third-order valence-corrected chi connectivity index (χ3v) is 5.22. The zero-order valence-corrected chi connectivity index (χ0v) is 16.6. The minimum Gasteiger partial charge on any atom is -0.379 e. The smallest absolute Gasteiger partial charge is 0.274 e. The predicted molar refractivity (Wildman–Crippen MR) is 112 cm³/mol. The van der Waals surface area contributed by atoms with E-state index in [0.717, 1.165) is 16.8 Å². The number of H-pyrrole nitrogens is 1. The molecule has 0 aliphatic rings. The Labute approximate surface area is 167 Å². The monoisotopic (exact) mass is 393 g/mol.